The zero-order chi connectivity index (χ0) is 12.2. The fourth-order valence-corrected chi connectivity index (χ4v) is 1.37. The molecule has 1 N–H and O–H groups in total. The summed E-state index contributed by atoms with van der Waals surface area (Å²) in [6.07, 6.45) is 0. The van der Waals surface area contributed by atoms with Crippen molar-refractivity contribution in [2.75, 3.05) is 0 Å². The molecule has 0 bridgehead atoms. The summed E-state index contributed by atoms with van der Waals surface area (Å²) in [7, 11) is 0. The van der Waals surface area contributed by atoms with Gasteiger partial charge in [0.05, 0.1) is 6.07 Å². The number of benzene rings is 1. The Morgan fingerprint density at radius 1 is 1.31 bits per heavy atom. The third-order valence-electron chi connectivity index (χ3n) is 2.02. The van der Waals surface area contributed by atoms with E-state index in [2.05, 4.69) is 5.32 Å². The van der Waals surface area contributed by atoms with Crippen molar-refractivity contribution in [1.82, 2.24) is 5.32 Å². The van der Waals surface area contributed by atoms with Gasteiger partial charge in [-0.15, -0.1) is 0 Å². The lowest BCUT2D eigenvalue weighted by Gasteiger charge is -2.22. The summed E-state index contributed by atoms with van der Waals surface area (Å²) >= 11 is 0. The molecule has 0 saturated carbocycles. The van der Waals surface area contributed by atoms with Gasteiger partial charge in [-0.1, -0.05) is 30.3 Å². The molecule has 0 saturated heterocycles. The lowest BCUT2D eigenvalue weighted by Crippen LogP contribution is -2.42. The van der Waals surface area contributed by atoms with Gasteiger partial charge in [0.15, 0.2) is 0 Å². The van der Waals surface area contributed by atoms with Crippen molar-refractivity contribution in [3.05, 3.63) is 35.9 Å². The Kier molecular flexibility index (Phi) is 3.68. The molecule has 3 heteroatoms. The normalized spacial score (nSPS) is 12.6. The average molecular weight is 216 g/mol. The molecule has 1 aromatic carbocycles. The number of nitrogens with one attached hydrogen (secondary N) is 1. The van der Waals surface area contributed by atoms with Crippen LogP contribution >= 0.6 is 0 Å². The molecule has 1 atom stereocenters. The van der Waals surface area contributed by atoms with Gasteiger partial charge in [0.2, 0.25) is 5.91 Å². The predicted molar refractivity (Wildman–Crippen MR) is 62.7 cm³/mol. The monoisotopic (exact) mass is 216 g/mol. The van der Waals surface area contributed by atoms with E-state index in [1.54, 1.807) is 12.1 Å². The molecule has 0 spiro atoms. The molecule has 1 aromatic rings. The third kappa shape index (κ3) is 3.39. The topological polar surface area (TPSA) is 52.9 Å². The Labute approximate surface area is 96.1 Å². The molecule has 0 radical (unpaired) electrons. The van der Waals surface area contributed by atoms with Crippen molar-refractivity contribution in [1.29, 1.82) is 5.26 Å². The summed E-state index contributed by atoms with van der Waals surface area (Å²) in [5.74, 6) is -0.985. The van der Waals surface area contributed by atoms with E-state index in [1.165, 1.54) is 0 Å². The number of amides is 1. The van der Waals surface area contributed by atoms with E-state index in [0.717, 1.165) is 5.56 Å². The van der Waals surface area contributed by atoms with Crippen LogP contribution in [0.5, 0.6) is 0 Å². The maximum atomic E-state index is 11.9. The highest BCUT2D eigenvalue weighted by atomic mass is 16.2. The van der Waals surface area contributed by atoms with E-state index in [1.807, 2.05) is 45.0 Å². The second kappa shape index (κ2) is 4.80. The lowest BCUT2D eigenvalue weighted by atomic mass is 9.98. The summed E-state index contributed by atoms with van der Waals surface area (Å²) in [5, 5.41) is 11.8. The SMILES string of the molecule is CC(C)(C)NC(=O)C(C#N)c1ccccc1. The molecule has 16 heavy (non-hydrogen) atoms. The minimum Gasteiger partial charge on any atom is -0.350 e. The second-order valence-electron chi connectivity index (χ2n) is 4.71. The zero-order valence-electron chi connectivity index (χ0n) is 9.82. The molecule has 1 rings (SSSR count). The maximum Gasteiger partial charge on any atom is 0.242 e. The van der Waals surface area contributed by atoms with Gasteiger partial charge in [-0.05, 0) is 26.3 Å². The first kappa shape index (κ1) is 12.3. The summed E-state index contributed by atoms with van der Waals surface area (Å²) < 4.78 is 0. The predicted octanol–water partition coefficient (Wildman–Crippen LogP) is 2.21. The van der Waals surface area contributed by atoms with E-state index in [4.69, 9.17) is 5.26 Å². The molecule has 0 aliphatic carbocycles. The lowest BCUT2D eigenvalue weighted by molar-refractivity contribution is -0.122. The van der Waals surface area contributed by atoms with Crippen molar-refractivity contribution in [2.45, 2.75) is 32.2 Å². The van der Waals surface area contributed by atoms with Crippen molar-refractivity contribution in [2.24, 2.45) is 0 Å². The smallest absolute Gasteiger partial charge is 0.242 e. The van der Waals surface area contributed by atoms with E-state index >= 15 is 0 Å². The molecular weight excluding hydrogens is 200 g/mol. The van der Waals surface area contributed by atoms with Gasteiger partial charge in [0.25, 0.3) is 0 Å². The summed E-state index contributed by atoms with van der Waals surface area (Å²) in [4.78, 5) is 11.9. The molecule has 0 fully saturated rings. The summed E-state index contributed by atoms with van der Waals surface area (Å²) in [6.45, 7) is 5.68. The number of nitrogens with zero attached hydrogens (tertiary/aromatic N) is 1. The molecule has 0 aromatic heterocycles. The maximum absolute atomic E-state index is 11.9. The van der Waals surface area contributed by atoms with Crippen LogP contribution in [0.3, 0.4) is 0 Å². The van der Waals surface area contributed by atoms with Crippen LogP contribution in [0.25, 0.3) is 0 Å². The number of hydrogen-bond donors (Lipinski definition) is 1. The van der Waals surface area contributed by atoms with Crippen molar-refractivity contribution in [3.8, 4) is 6.07 Å². The quantitative estimate of drug-likeness (QED) is 0.824. The van der Waals surface area contributed by atoms with Crippen LogP contribution in [-0.2, 0) is 4.79 Å². The van der Waals surface area contributed by atoms with Crippen LogP contribution in [0.15, 0.2) is 30.3 Å². The van der Waals surface area contributed by atoms with Crippen molar-refractivity contribution >= 4 is 5.91 Å². The molecule has 0 aliphatic rings. The fraction of sp³-hybridized carbons (Fsp3) is 0.385. The van der Waals surface area contributed by atoms with Gasteiger partial charge in [0.1, 0.15) is 5.92 Å². The van der Waals surface area contributed by atoms with Gasteiger partial charge in [-0.25, -0.2) is 0 Å². The summed E-state index contributed by atoms with van der Waals surface area (Å²) in [5.41, 5.74) is 0.410. The van der Waals surface area contributed by atoms with E-state index in [9.17, 15) is 4.79 Å². The van der Waals surface area contributed by atoms with Gasteiger partial charge in [0, 0.05) is 5.54 Å². The minimum absolute atomic E-state index is 0.249. The first-order valence-electron chi connectivity index (χ1n) is 5.20. The molecule has 3 nitrogen and oxygen atoms in total. The molecule has 0 heterocycles. The molecule has 1 amide bonds. The third-order valence-corrected chi connectivity index (χ3v) is 2.02. The van der Waals surface area contributed by atoms with Crippen LogP contribution in [0.1, 0.15) is 32.3 Å². The molecule has 84 valence electrons. The standard InChI is InChI=1S/C13H16N2O/c1-13(2,3)15-12(16)11(9-14)10-7-5-4-6-8-10/h4-8,11H,1-3H3,(H,15,16). The minimum atomic E-state index is -0.736. The number of rotatable bonds is 2. The van der Waals surface area contributed by atoms with E-state index < -0.39 is 5.92 Å². The fourth-order valence-electron chi connectivity index (χ4n) is 1.37. The first-order valence-corrected chi connectivity index (χ1v) is 5.20. The van der Waals surface area contributed by atoms with Crippen molar-refractivity contribution in [3.63, 3.8) is 0 Å². The van der Waals surface area contributed by atoms with Crippen LogP contribution in [-0.4, -0.2) is 11.4 Å². The highest BCUT2D eigenvalue weighted by Gasteiger charge is 2.23. The van der Waals surface area contributed by atoms with Gasteiger partial charge in [-0.3, -0.25) is 4.79 Å². The molecule has 0 aliphatic heterocycles. The Hall–Kier alpha value is -1.82. The zero-order valence-corrected chi connectivity index (χ0v) is 9.82. The van der Waals surface area contributed by atoms with E-state index in [-0.39, 0.29) is 11.4 Å². The molecule has 1 unspecified atom stereocenters. The van der Waals surface area contributed by atoms with Gasteiger partial charge >= 0.3 is 0 Å². The Morgan fingerprint density at radius 3 is 2.31 bits per heavy atom. The largest absolute Gasteiger partial charge is 0.350 e. The Morgan fingerprint density at radius 2 is 1.88 bits per heavy atom. The number of hydrogen-bond acceptors (Lipinski definition) is 2. The second-order valence-corrected chi connectivity index (χ2v) is 4.71. The van der Waals surface area contributed by atoms with Crippen LogP contribution < -0.4 is 5.32 Å². The highest BCUT2D eigenvalue weighted by Crippen LogP contribution is 2.15. The van der Waals surface area contributed by atoms with Crippen molar-refractivity contribution < 1.29 is 4.79 Å². The van der Waals surface area contributed by atoms with Gasteiger partial charge in [-0.2, -0.15) is 5.26 Å². The Bertz CT molecular complexity index is 398. The van der Waals surface area contributed by atoms with E-state index in [0.29, 0.717) is 0 Å². The number of nitriles is 1. The first-order chi connectivity index (χ1) is 7.44. The Balaban J connectivity index is 2.85. The summed E-state index contributed by atoms with van der Waals surface area (Å²) in [6, 6.07) is 11.1. The van der Waals surface area contributed by atoms with Crippen LogP contribution in [0.2, 0.25) is 0 Å². The van der Waals surface area contributed by atoms with Gasteiger partial charge < -0.3 is 5.32 Å². The van der Waals surface area contributed by atoms with Crippen LogP contribution in [0, 0.1) is 11.3 Å². The highest BCUT2D eigenvalue weighted by molar-refractivity contribution is 5.86. The number of carbonyl (C=O) groups excluding carboxylic acids is 1. The van der Waals surface area contributed by atoms with Crippen LogP contribution in [0.4, 0.5) is 0 Å². The molecular formula is C13H16N2O. The number of carbonyl (C=O) groups is 1. The average Bonchev–Trinajstić information content (AvgIpc) is 2.17.